The second-order valence-electron chi connectivity index (χ2n) is 4.90. The van der Waals surface area contributed by atoms with Gasteiger partial charge >= 0.3 is 0 Å². The molecule has 2 fully saturated rings. The lowest BCUT2D eigenvalue weighted by atomic mass is 9.75. The highest BCUT2D eigenvalue weighted by molar-refractivity contribution is 4.95. The van der Waals surface area contributed by atoms with Crippen molar-refractivity contribution >= 4 is 0 Å². The second kappa shape index (κ2) is 4.42. The molecule has 0 N–H and O–H groups in total. The van der Waals surface area contributed by atoms with Gasteiger partial charge in [-0.2, -0.15) is 0 Å². The molecule has 0 aromatic carbocycles. The zero-order chi connectivity index (χ0) is 10.7. The summed E-state index contributed by atoms with van der Waals surface area (Å²) in [5.74, 6) is 0.669. The summed E-state index contributed by atoms with van der Waals surface area (Å²) in [6, 6.07) is 0. The van der Waals surface area contributed by atoms with Gasteiger partial charge in [-0.1, -0.05) is 24.9 Å². The first-order valence-electron chi connectivity index (χ1n) is 5.95. The van der Waals surface area contributed by atoms with Crippen molar-refractivity contribution in [2.24, 2.45) is 11.0 Å². The fraction of sp³-hybridized carbons (Fsp3) is 1.00. The quantitative estimate of drug-likeness (QED) is 0.390. The molecule has 1 heterocycles. The van der Waals surface area contributed by atoms with E-state index in [9.17, 15) is 0 Å². The fourth-order valence-corrected chi connectivity index (χ4v) is 3.04. The topological polar surface area (TPSA) is 58.0 Å². The molecule has 4 nitrogen and oxygen atoms in total. The lowest BCUT2D eigenvalue weighted by Crippen LogP contribution is -2.39. The minimum atomic E-state index is 0.119. The zero-order valence-electron chi connectivity index (χ0n) is 9.35. The molecule has 0 aromatic heterocycles. The number of hydrogen-bond acceptors (Lipinski definition) is 2. The summed E-state index contributed by atoms with van der Waals surface area (Å²) in [6.07, 6.45) is 7.49. The van der Waals surface area contributed by atoms with E-state index in [1.807, 2.05) is 0 Å². The van der Waals surface area contributed by atoms with Crippen LogP contribution in [0.1, 0.15) is 45.4 Å². The third-order valence-electron chi connectivity index (χ3n) is 4.02. The van der Waals surface area contributed by atoms with Crippen molar-refractivity contribution in [3.05, 3.63) is 10.4 Å². The van der Waals surface area contributed by atoms with E-state index in [4.69, 9.17) is 10.3 Å². The third-order valence-corrected chi connectivity index (χ3v) is 4.02. The van der Waals surface area contributed by atoms with Gasteiger partial charge in [-0.05, 0) is 37.1 Å². The molecule has 1 spiro atoms. The Kier molecular flexibility index (Phi) is 3.17. The van der Waals surface area contributed by atoms with Gasteiger partial charge in [0.15, 0.2) is 0 Å². The SMILES string of the molecule is C[C@@H]1CCCC[C@@]12CC[C@@H](CN=[N+]=[N-])O2. The number of rotatable bonds is 2. The molecule has 1 aliphatic carbocycles. The summed E-state index contributed by atoms with van der Waals surface area (Å²) in [5.41, 5.74) is 8.40. The zero-order valence-corrected chi connectivity index (χ0v) is 9.35. The highest BCUT2D eigenvalue weighted by atomic mass is 16.5. The number of azide groups is 1. The van der Waals surface area contributed by atoms with Crippen LogP contribution in [0.3, 0.4) is 0 Å². The maximum absolute atomic E-state index is 8.28. The van der Waals surface area contributed by atoms with Crippen LogP contribution in [0.25, 0.3) is 10.4 Å². The van der Waals surface area contributed by atoms with E-state index in [2.05, 4.69) is 16.9 Å². The summed E-state index contributed by atoms with van der Waals surface area (Å²) < 4.78 is 6.14. The van der Waals surface area contributed by atoms with Gasteiger partial charge in [0.2, 0.25) is 0 Å². The average Bonchev–Trinajstić information content (AvgIpc) is 2.65. The predicted octanol–water partition coefficient (Wildman–Crippen LogP) is 3.42. The van der Waals surface area contributed by atoms with Crippen molar-refractivity contribution in [2.45, 2.75) is 57.2 Å². The Hall–Kier alpha value is -0.730. The standard InChI is InChI=1S/C11H19N3O/c1-9-4-2-3-6-11(9)7-5-10(15-11)8-13-14-12/h9-10H,2-8H2,1H3/t9-,10+,11-/m1/s1. The maximum Gasteiger partial charge on any atom is 0.0712 e. The molecular formula is C11H19N3O. The van der Waals surface area contributed by atoms with E-state index >= 15 is 0 Å². The van der Waals surface area contributed by atoms with Crippen molar-refractivity contribution in [3.63, 3.8) is 0 Å². The van der Waals surface area contributed by atoms with E-state index < -0.39 is 0 Å². The van der Waals surface area contributed by atoms with Crippen LogP contribution in [0.15, 0.2) is 5.11 Å². The van der Waals surface area contributed by atoms with Crippen LogP contribution in [0.2, 0.25) is 0 Å². The van der Waals surface area contributed by atoms with E-state index in [0.29, 0.717) is 12.5 Å². The van der Waals surface area contributed by atoms with Gasteiger partial charge in [-0.3, -0.25) is 0 Å². The molecule has 1 saturated carbocycles. The highest BCUT2D eigenvalue weighted by Crippen LogP contribution is 2.45. The molecular weight excluding hydrogens is 190 g/mol. The van der Waals surface area contributed by atoms with Crippen LogP contribution in [-0.4, -0.2) is 18.2 Å². The Morgan fingerprint density at radius 2 is 2.27 bits per heavy atom. The molecule has 1 aliphatic heterocycles. The molecule has 84 valence electrons. The molecule has 0 unspecified atom stereocenters. The summed E-state index contributed by atoms with van der Waals surface area (Å²) in [5, 5.41) is 3.61. The molecule has 1 saturated heterocycles. The maximum atomic E-state index is 8.28. The second-order valence-corrected chi connectivity index (χ2v) is 4.90. The summed E-state index contributed by atoms with van der Waals surface area (Å²) >= 11 is 0. The van der Waals surface area contributed by atoms with Gasteiger partial charge in [0.1, 0.15) is 0 Å². The monoisotopic (exact) mass is 209 g/mol. The molecule has 3 atom stereocenters. The van der Waals surface area contributed by atoms with Gasteiger partial charge in [0.05, 0.1) is 18.2 Å². The Labute approximate surface area is 90.6 Å². The molecule has 15 heavy (non-hydrogen) atoms. The number of nitrogens with zero attached hydrogens (tertiary/aromatic N) is 3. The summed E-state index contributed by atoms with van der Waals surface area (Å²) in [6.45, 7) is 2.81. The number of hydrogen-bond donors (Lipinski definition) is 0. The smallest absolute Gasteiger partial charge is 0.0712 e. The normalized spacial score (nSPS) is 40.3. The molecule has 0 radical (unpaired) electrons. The van der Waals surface area contributed by atoms with E-state index in [1.54, 1.807) is 0 Å². The highest BCUT2D eigenvalue weighted by Gasteiger charge is 2.44. The Balaban J connectivity index is 1.97. The minimum Gasteiger partial charge on any atom is -0.371 e. The molecule has 4 heteroatoms. The lowest BCUT2D eigenvalue weighted by molar-refractivity contribution is -0.0922. The first-order valence-corrected chi connectivity index (χ1v) is 5.95. The Morgan fingerprint density at radius 1 is 1.40 bits per heavy atom. The van der Waals surface area contributed by atoms with Crippen LogP contribution in [0.5, 0.6) is 0 Å². The fourth-order valence-electron chi connectivity index (χ4n) is 3.04. The predicted molar refractivity (Wildman–Crippen MR) is 58.5 cm³/mol. The van der Waals surface area contributed by atoms with Crippen molar-refractivity contribution in [3.8, 4) is 0 Å². The summed E-state index contributed by atoms with van der Waals surface area (Å²) in [7, 11) is 0. The van der Waals surface area contributed by atoms with Gasteiger partial charge in [-0.15, -0.1) is 0 Å². The van der Waals surface area contributed by atoms with Crippen molar-refractivity contribution in [1.29, 1.82) is 0 Å². The van der Waals surface area contributed by atoms with Crippen LogP contribution in [0.4, 0.5) is 0 Å². The van der Waals surface area contributed by atoms with Crippen molar-refractivity contribution < 1.29 is 4.74 Å². The Bertz CT molecular complexity index is 275. The first kappa shape index (κ1) is 10.8. The van der Waals surface area contributed by atoms with E-state index in [0.717, 1.165) is 12.8 Å². The largest absolute Gasteiger partial charge is 0.371 e. The van der Waals surface area contributed by atoms with Crippen LogP contribution in [-0.2, 0) is 4.74 Å². The van der Waals surface area contributed by atoms with Gasteiger partial charge < -0.3 is 4.74 Å². The average molecular weight is 209 g/mol. The molecule has 0 bridgehead atoms. The van der Waals surface area contributed by atoms with Crippen molar-refractivity contribution in [2.75, 3.05) is 6.54 Å². The van der Waals surface area contributed by atoms with Crippen LogP contribution >= 0.6 is 0 Å². The van der Waals surface area contributed by atoms with Gasteiger partial charge in [0.25, 0.3) is 0 Å². The van der Waals surface area contributed by atoms with Crippen LogP contribution < -0.4 is 0 Å². The molecule has 2 rings (SSSR count). The van der Waals surface area contributed by atoms with E-state index in [1.165, 1.54) is 25.7 Å². The molecule has 0 aromatic rings. The Morgan fingerprint density at radius 3 is 3.00 bits per heavy atom. The third kappa shape index (κ3) is 2.11. The lowest BCUT2D eigenvalue weighted by Gasteiger charge is -2.39. The van der Waals surface area contributed by atoms with Gasteiger partial charge in [-0.25, -0.2) is 0 Å². The molecule has 0 amide bonds. The van der Waals surface area contributed by atoms with E-state index in [-0.39, 0.29) is 11.7 Å². The summed E-state index contributed by atoms with van der Waals surface area (Å²) in [4.78, 5) is 2.80. The molecule has 2 aliphatic rings. The van der Waals surface area contributed by atoms with Gasteiger partial charge in [0, 0.05) is 4.91 Å². The first-order chi connectivity index (χ1) is 7.27. The van der Waals surface area contributed by atoms with Crippen molar-refractivity contribution in [1.82, 2.24) is 0 Å². The minimum absolute atomic E-state index is 0.119. The van der Waals surface area contributed by atoms with Crippen LogP contribution in [0, 0.1) is 5.92 Å². The number of ether oxygens (including phenoxy) is 1.